The summed E-state index contributed by atoms with van der Waals surface area (Å²) in [5, 5.41) is 3.75. The summed E-state index contributed by atoms with van der Waals surface area (Å²) in [6.45, 7) is 3.09. The zero-order chi connectivity index (χ0) is 24.7. The first kappa shape index (κ1) is 24.1. The fraction of sp³-hybridized carbons (Fsp3) is 0.303. The number of hydrogen-bond acceptors (Lipinski definition) is 3. The van der Waals surface area contributed by atoms with Gasteiger partial charge in [-0.2, -0.15) is 0 Å². The van der Waals surface area contributed by atoms with Crippen molar-refractivity contribution in [1.29, 1.82) is 0 Å². The van der Waals surface area contributed by atoms with Crippen LogP contribution in [0.3, 0.4) is 0 Å². The standard InChI is InChI=1S/C33H37N3/c1-24-22-28(32(26-14-7-3-8-15-26)27-16-9-4-10-17-27)23-29(30-18-11-19-31(34)36-30)33(24)35-21-20-25-12-5-2-6-13-25/h2-3,5-8,11-15,18-19,22-23,27,32,35H,4,9-10,16-17,20-21H2,1H3,(H2,34,36). The van der Waals surface area contributed by atoms with Gasteiger partial charge in [0.25, 0.3) is 0 Å². The average molecular weight is 476 g/mol. The summed E-state index contributed by atoms with van der Waals surface area (Å²) in [6, 6.07) is 32.5. The van der Waals surface area contributed by atoms with Crippen LogP contribution in [-0.4, -0.2) is 11.5 Å². The molecule has 1 aliphatic carbocycles. The minimum Gasteiger partial charge on any atom is -0.384 e. The Morgan fingerprint density at radius 2 is 1.56 bits per heavy atom. The quantitative estimate of drug-likeness (QED) is 0.271. The fourth-order valence-electron chi connectivity index (χ4n) is 5.87. The normalized spacial score (nSPS) is 14.9. The zero-order valence-electron chi connectivity index (χ0n) is 21.3. The lowest BCUT2D eigenvalue weighted by Gasteiger charge is -2.32. The molecule has 1 heterocycles. The van der Waals surface area contributed by atoms with E-state index in [2.05, 4.69) is 91.1 Å². The number of aryl methyl sites for hydroxylation is 1. The first-order valence-corrected chi connectivity index (χ1v) is 13.4. The van der Waals surface area contributed by atoms with Gasteiger partial charge in [-0.25, -0.2) is 4.98 Å². The van der Waals surface area contributed by atoms with Gasteiger partial charge in [-0.1, -0.05) is 92.1 Å². The summed E-state index contributed by atoms with van der Waals surface area (Å²) in [5.74, 6) is 1.61. The molecule has 1 aliphatic rings. The molecule has 0 amide bonds. The summed E-state index contributed by atoms with van der Waals surface area (Å²) in [4.78, 5) is 4.73. The number of pyridine rings is 1. The topological polar surface area (TPSA) is 50.9 Å². The van der Waals surface area contributed by atoms with E-state index in [-0.39, 0.29) is 0 Å². The van der Waals surface area contributed by atoms with Gasteiger partial charge < -0.3 is 11.1 Å². The van der Waals surface area contributed by atoms with Crippen LogP contribution in [0.5, 0.6) is 0 Å². The molecule has 36 heavy (non-hydrogen) atoms. The summed E-state index contributed by atoms with van der Waals surface area (Å²) in [7, 11) is 0. The van der Waals surface area contributed by atoms with E-state index in [1.54, 1.807) is 0 Å². The molecule has 0 bridgehead atoms. The maximum Gasteiger partial charge on any atom is 0.124 e. The molecule has 1 aromatic heterocycles. The molecule has 1 saturated carbocycles. The molecule has 3 N–H and O–H groups in total. The van der Waals surface area contributed by atoms with Crippen LogP contribution in [0.25, 0.3) is 11.3 Å². The number of hydrogen-bond donors (Lipinski definition) is 2. The van der Waals surface area contributed by atoms with Crippen LogP contribution in [0.4, 0.5) is 11.5 Å². The monoisotopic (exact) mass is 475 g/mol. The van der Waals surface area contributed by atoms with Gasteiger partial charge in [0.15, 0.2) is 0 Å². The number of aromatic nitrogens is 1. The third-order valence-corrected chi connectivity index (χ3v) is 7.60. The van der Waals surface area contributed by atoms with E-state index in [0.717, 1.165) is 29.9 Å². The largest absolute Gasteiger partial charge is 0.384 e. The number of rotatable bonds is 8. The molecule has 0 spiro atoms. The van der Waals surface area contributed by atoms with Crippen LogP contribution in [0.2, 0.25) is 0 Å². The average Bonchev–Trinajstić information content (AvgIpc) is 2.92. The van der Waals surface area contributed by atoms with Gasteiger partial charge in [0, 0.05) is 23.7 Å². The van der Waals surface area contributed by atoms with E-state index < -0.39 is 0 Å². The molecular weight excluding hydrogens is 438 g/mol. The molecule has 0 aliphatic heterocycles. The Hall–Kier alpha value is -3.59. The van der Waals surface area contributed by atoms with Crippen molar-refractivity contribution in [1.82, 2.24) is 4.98 Å². The van der Waals surface area contributed by atoms with Crippen molar-refractivity contribution in [3.05, 3.63) is 113 Å². The van der Waals surface area contributed by atoms with Crippen LogP contribution in [0.15, 0.2) is 91.0 Å². The molecular formula is C33H37N3. The van der Waals surface area contributed by atoms with E-state index in [1.807, 2.05) is 12.1 Å². The van der Waals surface area contributed by atoms with Gasteiger partial charge in [0.1, 0.15) is 5.82 Å². The van der Waals surface area contributed by atoms with Gasteiger partial charge in [0.05, 0.1) is 5.69 Å². The summed E-state index contributed by atoms with van der Waals surface area (Å²) in [5.41, 5.74) is 14.8. The Balaban J connectivity index is 1.55. The molecule has 5 rings (SSSR count). The van der Waals surface area contributed by atoms with Crippen LogP contribution in [0, 0.1) is 12.8 Å². The molecule has 1 atom stereocenters. The molecule has 3 nitrogen and oxygen atoms in total. The Kier molecular flexibility index (Phi) is 7.66. The number of nitrogens with two attached hydrogens (primary N) is 1. The molecule has 184 valence electrons. The van der Waals surface area contributed by atoms with Crippen LogP contribution in [-0.2, 0) is 6.42 Å². The fourth-order valence-corrected chi connectivity index (χ4v) is 5.87. The minimum atomic E-state index is 0.392. The Bertz CT molecular complexity index is 1260. The van der Waals surface area contributed by atoms with Crippen molar-refractivity contribution in [3.63, 3.8) is 0 Å². The zero-order valence-corrected chi connectivity index (χ0v) is 21.3. The second-order valence-electron chi connectivity index (χ2n) is 10.2. The van der Waals surface area contributed by atoms with Gasteiger partial charge in [-0.15, -0.1) is 0 Å². The van der Waals surface area contributed by atoms with Gasteiger partial charge in [0.2, 0.25) is 0 Å². The summed E-state index contributed by atoms with van der Waals surface area (Å²) < 4.78 is 0. The van der Waals surface area contributed by atoms with Crippen molar-refractivity contribution < 1.29 is 0 Å². The predicted octanol–water partition coefficient (Wildman–Crippen LogP) is 8.01. The van der Waals surface area contributed by atoms with Crippen molar-refractivity contribution >= 4 is 11.5 Å². The summed E-state index contributed by atoms with van der Waals surface area (Å²) in [6.07, 6.45) is 7.58. The highest BCUT2D eigenvalue weighted by atomic mass is 14.9. The van der Waals surface area contributed by atoms with E-state index in [9.17, 15) is 0 Å². The van der Waals surface area contributed by atoms with Crippen molar-refractivity contribution in [2.24, 2.45) is 5.92 Å². The van der Waals surface area contributed by atoms with Crippen molar-refractivity contribution in [2.45, 2.75) is 51.4 Å². The van der Waals surface area contributed by atoms with Crippen LogP contribution >= 0.6 is 0 Å². The second kappa shape index (κ2) is 11.4. The van der Waals surface area contributed by atoms with Gasteiger partial charge in [-0.05, 0) is 72.6 Å². The maximum absolute atomic E-state index is 6.13. The number of benzene rings is 3. The SMILES string of the molecule is Cc1cc(C(c2ccccc2)C2CCCCC2)cc(-c2cccc(N)n2)c1NCCc1ccccc1. The van der Waals surface area contributed by atoms with Gasteiger partial charge in [-0.3, -0.25) is 0 Å². The van der Waals surface area contributed by atoms with E-state index in [0.29, 0.717) is 17.7 Å². The molecule has 0 radical (unpaired) electrons. The number of nitrogens with zero attached hydrogens (tertiary/aromatic N) is 1. The molecule has 3 aromatic carbocycles. The Morgan fingerprint density at radius 1 is 0.833 bits per heavy atom. The van der Waals surface area contributed by atoms with Crippen LogP contribution < -0.4 is 11.1 Å². The molecule has 1 fully saturated rings. The molecule has 0 saturated heterocycles. The minimum absolute atomic E-state index is 0.392. The van der Waals surface area contributed by atoms with Crippen molar-refractivity contribution in [2.75, 3.05) is 17.6 Å². The lowest BCUT2D eigenvalue weighted by molar-refractivity contribution is 0.327. The Labute approximate surface area is 215 Å². The van der Waals surface area contributed by atoms with Crippen molar-refractivity contribution in [3.8, 4) is 11.3 Å². The lowest BCUT2D eigenvalue weighted by Crippen LogP contribution is -2.18. The number of nitrogens with one attached hydrogen (secondary N) is 1. The Morgan fingerprint density at radius 3 is 2.28 bits per heavy atom. The second-order valence-corrected chi connectivity index (χ2v) is 10.2. The first-order valence-electron chi connectivity index (χ1n) is 13.4. The highest BCUT2D eigenvalue weighted by molar-refractivity contribution is 5.80. The number of anilines is 2. The van der Waals surface area contributed by atoms with Crippen LogP contribution in [0.1, 0.15) is 60.3 Å². The molecule has 3 heteroatoms. The molecule has 1 unspecified atom stereocenters. The smallest absolute Gasteiger partial charge is 0.124 e. The highest BCUT2D eigenvalue weighted by Gasteiger charge is 2.28. The van der Waals surface area contributed by atoms with Gasteiger partial charge >= 0.3 is 0 Å². The van der Waals surface area contributed by atoms with E-state index in [4.69, 9.17) is 10.7 Å². The molecule has 4 aromatic rings. The van der Waals surface area contributed by atoms with E-state index in [1.165, 1.54) is 54.4 Å². The third-order valence-electron chi connectivity index (χ3n) is 7.60. The predicted molar refractivity (Wildman–Crippen MR) is 152 cm³/mol. The first-order chi connectivity index (χ1) is 17.7. The highest BCUT2D eigenvalue weighted by Crippen LogP contribution is 2.43. The maximum atomic E-state index is 6.13. The lowest BCUT2D eigenvalue weighted by atomic mass is 9.73. The van der Waals surface area contributed by atoms with E-state index >= 15 is 0 Å². The summed E-state index contributed by atoms with van der Waals surface area (Å²) >= 11 is 0. The third kappa shape index (κ3) is 5.62. The number of nitrogen functional groups attached to an aromatic ring is 1.